The van der Waals surface area contributed by atoms with Crippen molar-refractivity contribution in [2.45, 2.75) is 6.42 Å². The molecular formula is C14H15NO. The zero-order valence-corrected chi connectivity index (χ0v) is 9.44. The number of nitrogens with zero attached hydrogens (tertiary/aromatic N) is 1. The van der Waals surface area contributed by atoms with E-state index in [1.807, 2.05) is 43.5 Å². The van der Waals surface area contributed by atoms with Gasteiger partial charge in [0.25, 0.3) is 0 Å². The molecule has 0 fully saturated rings. The van der Waals surface area contributed by atoms with Crippen LogP contribution in [0.5, 0.6) is 5.75 Å². The van der Waals surface area contributed by atoms with Crippen LogP contribution in [0.15, 0.2) is 61.0 Å². The molecule has 1 aliphatic rings. The first-order valence-corrected chi connectivity index (χ1v) is 5.25. The van der Waals surface area contributed by atoms with Crippen LogP contribution in [0.3, 0.4) is 0 Å². The zero-order valence-electron chi connectivity index (χ0n) is 9.44. The van der Waals surface area contributed by atoms with E-state index in [1.165, 1.54) is 0 Å². The van der Waals surface area contributed by atoms with Crippen molar-refractivity contribution in [3.05, 3.63) is 61.0 Å². The van der Waals surface area contributed by atoms with Gasteiger partial charge < -0.3 is 9.64 Å². The molecular weight excluding hydrogens is 198 g/mol. The average molecular weight is 213 g/mol. The van der Waals surface area contributed by atoms with Gasteiger partial charge in [-0.25, -0.2) is 0 Å². The van der Waals surface area contributed by atoms with Gasteiger partial charge in [0.2, 0.25) is 0 Å². The molecule has 2 heteroatoms. The minimum absolute atomic E-state index is 0.708. The summed E-state index contributed by atoms with van der Waals surface area (Å²) in [5.41, 5.74) is 2.06. The fourth-order valence-corrected chi connectivity index (χ4v) is 1.85. The third kappa shape index (κ3) is 1.63. The van der Waals surface area contributed by atoms with Gasteiger partial charge >= 0.3 is 0 Å². The number of benzene rings is 1. The van der Waals surface area contributed by atoms with E-state index in [2.05, 4.69) is 18.1 Å². The third-order valence-electron chi connectivity index (χ3n) is 2.63. The molecule has 1 heterocycles. The topological polar surface area (TPSA) is 12.5 Å². The molecule has 0 amide bonds. The van der Waals surface area contributed by atoms with Gasteiger partial charge in [-0.05, 0) is 18.2 Å². The summed E-state index contributed by atoms with van der Waals surface area (Å²) in [6.45, 7) is 7.56. The second kappa shape index (κ2) is 4.27. The van der Waals surface area contributed by atoms with E-state index in [4.69, 9.17) is 4.74 Å². The van der Waals surface area contributed by atoms with Crippen LogP contribution in [0.25, 0.3) is 0 Å². The summed E-state index contributed by atoms with van der Waals surface area (Å²) in [6.07, 6.45) is 4.36. The van der Waals surface area contributed by atoms with Gasteiger partial charge in [-0.3, -0.25) is 0 Å². The van der Waals surface area contributed by atoms with Crippen LogP contribution in [0.2, 0.25) is 0 Å². The smallest absolute Gasteiger partial charge is 0.150 e. The highest BCUT2D eigenvalue weighted by molar-refractivity contribution is 5.66. The van der Waals surface area contributed by atoms with Gasteiger partial charge in [0.05, 0.1) is 11.4 Å². The lowest BCUT2D eigenvalue weighted by Crippen LogP contribution is -2.23. The molecule has 2 rings (SSSR count). The van der Waals surface area contributed by atoms with Crippen molar-refractivity contribution in [1.29, 1.82) is 0 Å². The number of fused-ring (bicyclic) bond motifs is 1. The summed E-state index contributed by atoms with van der Waals surface area (Å²) in [6, 6.07) is 7.97. The van der Waals surface area contributed by atoms with Gasteiger partial charge in [-0.2, -0.15) is 0 Å². The van der Waals surface area contributed by atoms with Crippen molar-refractivity contribution < 1.29 is 4.74 Å². The molecule has 0 radical (unpaired) electrons. The lowest BCUT2D eigenvalue weighted by atomic mass is 10.1. The molecule has 16 heavy (non-hydrogen) atoms. The number of para-hydroxylation sites is 2. The van der Waals surface area contributed by atoms with E-state index in [1.54, 1.807) is 0 Å². The van der Waals surface area contributed by atoms with E-state index < -0.39 is 0 Å². The summed E-state index contributed by atoms with van der Waals surface area (Å²) >= 11 is 0. The van der Waals surface area contributed by atoms with Gasteiger partial charge in [0.1, 0.15) is 5.76 Å². The van der Waals surface area contributed by atoms with Crippen LogP contribution < -0.4 is 9.64 Å². The minimum Gasteiger partial charge on any atom is -0.457 e. The highest BCUT2D eigenvalue weighted by Crippen LogP contribution is 2.37. The largest absolute Gasteiger partial charge is 0.457 e. The Morgan fingerprint density at radius 2 is 2.06 bits per heavy atom. The average Bonchev–Trinajstić information content (AvgIpc) is 2.30. The Morgan fingerprint density at radius 3 is 2.75 bits per heavy atom. The van der Waals surface area contributed by atoms with Crippen molar-refractivity contribution in [2.24, 2.45) is 0 Å². The van der Waals surface area contributed by atoms with Crippen molar-refractivity contribution in [1.82, 2.24) is 0 Å². The molecule has 0 atom stereocenters. The van der Waals surface area contributed by atoms with Gasteiger partial charge in [-0.1, -0.05) is 24.8 Å². The first-order chi connectivity index (χ1) is 7.77. The van der Waals surface area contributed by atoms with E-state index in [0.717, 1.165) is 22.9 Å². The summed E-state index contributed by atoms with van der Waals surface area (Å²) in [5.74, 6) is 1.78. The third-order valence-corrected chi connectivity index (χ3v) is 2.63. The predicted molar refractivity (Wildman–Crippen MR) is 67.5 cm³/mol. The zero-order chi connectivity index (χ0) is 11.5. The van der Waals surface area contributed by atoms with Gasteiger partial charge in [0, 0.05) is 13.5 Å². The predicted octanol–water partition coefficient (Wildman–Crippen LogP) is 3.49. The fraction of sp³-hybridized carbons (Fsp3) is 0.143. The number of hydrogen-bond acceptors (Lipinski definition) is 2. The molecule has 0 saturated carbocycles. The van der Waals surface area contributed by atoms with Crippen molar-refractivity contribution in [2.75, 3.05) is 11.9 Å². The van der Waals surface area contributed by atoms with E-state index in [-0.39, 0.29) is 0 Å². The number of rotatable bonds is 3. The molecule has 0 unspecified atom stereocenters. The normalized spacial score (nSPS) is 14.2. The maximum absolute atomic E-state index is 5.84. The summed E-state index contributed by atoms with van der Waals surface area (Å²) in [7, 11) is 2.02. The lowest BCUT2D eigenvalue weighted by Gasteiger charge is -2.30. The molecule has 82 valence electrons. The number of anilines is 1. The van der Waals surface area contributed by atoms with Crippen LogP contribution in [-0.2, 0) is 0 Å². The summed E-state index contributed by atoms with van der Waals surface area (Å²) < 4.78 is 5.84. The van der Waals surface area contributed by atoms with Crippen LogP contribution in [0, 0.1) is 0 Å². The van der Waals surface area contributed by atoms with E-state index >= 15 is 0 Å². The lowest BCUT2D eigenvalue weighted by molar-refractivity contribution is 0.401. The SMILES string of the molecule is C=CCC1=C(C=C)N(C)c2ccccc2O1. The van der Waals surface area contributed by atoms with Crippen molar-refractivity contribution >= 4 is 5.69 Å². The second-order valence-corrected chi connectivity index (χ2v) is 3.63. The Hall–Kier alpha value is -1.96. The van der Waals surface area contributed by atoms with Crippen LogP contribution in [0.4, 0.5) is 5.69 Å². The summed E-state index contributed by atoms with van der Waals surface area (Å²) in [4.78, 5) is 2.09. The molecule has 0 N–H and O–H groups in total. The molecule has 1 aliphatic heterocycles. The minimum atomic E-state index is 0.708. The quantitative estimate of drug-likeness (QED) is 0.713. The molecule has 0 aliphatic carbocycles. The molecule has 0 bridgehead atoms. The number of hydrogen-bond donors (Lipinski definition) is 0. The highest BCUT2D eigenvalue weighted by Gasteiger charge is 2.20. The fourth-order valence-electron chi connectivity index (χ4n) is 1.85. The maximum atomic E-state index is 5.84. The molecule has 1 aromatic rings. The van der Waals surface area contributed by atoms with E-state index in [0.29, 0.717) is 6.42 Å². The number of likely N-dealkylation sites (N-methyl/N-ethyl adjacent to an activating group) is 1. The monoisotopic (exact) mass is 213 g/mol. The van der Waals surface area contributed by atoms with Crippen LogP contribution >= 0.6 is 0 Å². The molecule has 0 saturated heterocycles. The van der Waals surface area contributed by atoms with Crippen molar-refractivity contribution in [3.8, 4) is 5.75 Å². The van der Waals surface area contributed by atoms with Gasteiger partial charge in [0.15, 0.2) is 5.75 Å². The molecule has 1 aromatic carbocycles. The Balaban J connectivity index is 2.48. The Kier molecular flexibility index (Phi) is 2.82. The Morgan fingerprint density at radius 1 is 1.31 bits per heavy atom. The first kappa shape index (κ1) is 10.6. The standard InChI is InChI=1S/C14H15NO/c1-4-8-13-11(5-2)15(3)12-9-6-7-10-14(12)16-13/h4-7,9-10H,1-2,8H2,3H3. The Bertz CT molecular complexity index is 460. The maximum Gasteiger partial charge on any atom is 0.150 e. The number of ether oxygens (including phenoxy) is 1. The number of allylic oxidation sites excluding steroid dienone is 2. The van der Waals surface area contributed by atoms with Crippen molar-refractivity contribution in [3.63, 3.8) is 0 Å². The first-order valence-electron chi connectivity index (χ1n) is 5.25. The second-order valence-electron chi connectivity index (χ2n) is 3.63. The van der Waals surface area contributed by atoms with Crippen LogP contribution in [0.1, 0.15) is 6.42 Å². The van der Waals surface area contributed by atoms with Gasteiger partial charge in [-0.15, -0.1) is 6.58 Å². The van der Waals surface area contributed by atoms with E-state index in [9.17, 15) is 0 Å². The molecule has 2 nitrogen and oxygen atoms in total. The van der Waals surface area contributed by atoms with Crippen LogP contribution in [-0.4, -0.2) is 7.05 Å². The Labute approximate surface area is 96.1 Å². The summed E-state index contributed by atoms with van der Waals surface area (Å²) in [5, 5.41) is 0. The molecule has 0 aromatic heterocycles. The molecule has 0 spiro atoms. The highest BCUT2D eigenvalue weighted by atomic mass is 16.5.